The average Bonchev–Trinajstić information content (AvgIpc) is 2.98. The van der Waals surface area contributed by atoms with Crippen molar-refractivity contribution in [2.45, 2.75) is 37.4 Å². The summed E-state index contributed by atoms with van der Waals surface area (Å²) in [7, 11) is 1.54. The molecule has 1 aliphatic carbocycles. The second-order valence-electron chi connectivity index (χ2n) is 4.69. The topological polar surface area (TPSA) is 82.2 Å². The van der Waals surface area contributed by atoms with Gasteiger partial charge in [0.1, 0.15) is 6.04 Å². The Morgan fingerprint density at radius 3 is 3.17 bits per heavy atom. The first-order valence-electron chi connectivity index (χ1n) is 6.24. The SMILES string of the molecule is COCC(N)C(=O)NC1CCCC1n1ccnc1. The van der Waals surface area contributed by atoms with Crippen LogP contribution in [0.25, 0.3) is 0 Å². The molecule has 3 unspecified atom stereocenters. The van der Waals surface area contributed by atoms with E-state index in [4.69, 9.17) is 10.5 Å². The molecule has 0 saturated heterocycles. The minimum atomic E-state index is -0.598. The van der Waals surface area contributed by atoms with Crippen molar-refractivity contribution in [2.75, 3.05) is 13.7 Å². The highest BCUT2D eigenvalue weighted by Crippen LogP contribution is 2.29. The summed E-state index contributed by atoms with van der Waals surface area (Å²) in [5.74, 6) is -0.145. The maximum atomic E-state index is 11.9. The lowest BCUT2D eigenvalue weighted by Crippen LogP contribution is -2.48. The predicted molar refractivity (Wildman–Crippen MR) is 66.9 cm³/mol. The lowest BCUT2D eigenvalue weighted by molar-refractivity contribution is -0.124. The van der Waals surface area contributed by atoms with Crippen molar-refractivity contribution < 1.29 is 9.53 Å². The number of methoxy groups -OCH3 is 1. The van der Waals surface area contributed by atoms with Crippen molar-refractivity contribution in [3.8, 4) is 0 Å². The number of nitrogens with one attached hydrogen (secondary N) is 1. The number of carbonyl (C=O) groups excluding carboxylic acids is 1. The summed E-state index contributed by atoms with van der Waals surface area (Å²) in [5, 5.41) is 3.01. The molecule has 6 nitrogen and oxygen atoms in total. The Labute approximate surface area is 107 Å². The summed E-state index contributed by atoms with van der Waals surface area (Å²) in [5.41, 5.74) is 5.71. The molecule has 0 radical (unpaired) electrons. The third-order valence-electron chi connectivity index (χ3n) is 3.40. The minimum absolute atomic E-state index is 0.134. The molecule has 6 heteroatoms. The number of carbonyl (C=O) groups is 1. The number of aromatic nitrogens is 2. The molecule has 3 N–H and O–H groups in total. The quantitative estimate of drug-likeness (QED) is 0.776. The number of nitrogens with zero attached hydrogens (tertiary/aromatic N) is 2. The highest BCUT2D eigenvalue weighted by Gasteiger charge is 2.30. The summed E-state index contributed by atoms with van der Waals surface area (Å²) in [6.07, 6.45) is 8.63. The molecule has 100 valence electrons. The number of ether oxygens (including phenoxy) is 1. The van der Waals surface area contributed by atoms with Crippen molar-refractivity contribution >= 4 is 5.91 Å². The monoisotopic (exact) mass is 252 g/mol. The lowest BCUT2D eigenvalue weighted by Gasteiger charge is -2.23. The Bertz CT molecular complexity index is 379. The van der Waals surface area contributed by atoms with Crippen LogP contribution in [0.1, 0.15) is 25.3 Å². The first kappa shape index (κ1) is 13.0. The van der Waals surface area contributed by atoms with E-state index in [2.05, 4.69) is 14.9 Å². The van der Waals surface area contributed by atoms with E-state index in [1.54, 1.807) is 12.5 Å². The van der Waals surface area contributed by atoms with Crippen LogP contribution in [0.2, 0.25) is 0 Å². The third kappa shape index (κ3) is 2.88. The number of amides is 1. The number of hydrogen-bond donors (Lipinski definition) is 2. The van der Waals surface area contributed by atoms with Crippen LogP contribution >= 0.6 is 0 Å². The summed E-state index contributed by atoms with van der Waals surface area (Å²) in [4.78, 5) is 15.9. The van der Waals surface area contributed by atoms with Crippen LogP contribution in [-0.4, -0.2) is 41.3 Å². The summed E-state index contributed by atoms with van der Waals surface area (Å²) in [6, 6.07) is -0.181. The molecule has 1 amide bonds. The zero-order chi connectivity index (χ0) is 13.0. The van der Waals surface area contributed by atoms with Crippen molar-refractivity contribution in [2.24, 2.45) is 5.73 Å². The summed E-state index contributed by atoms with van der Waals surface area (Å²) >= 11 is 0. The van der Waals surface area contributed by atoms with Crippen molar-refractivity contribution in [1.29, 1.82) is 0 Å². The molecule has 0 aromatic carbocycles. The summed E-state index contributed by atoms with van der Waals surface area (Å²) in [6.45, 7) is 0.244. The Hall–Kier alpha value is -1.40. The van der Waals surface area contributed by atoms with Gasteiger partial charge in [0, 0.05) is 25.5 Å². The minimum Gasteiger partial charge on any atom is -0.383 e. The van der Waals surface area contributed by atoms with Gasteiger partial charge < -0.3 is 20.4 Å². The van der Waals surface area contributed by atoms with E-state index in [1.165, 1.54) is 7.11 Å². The van der Waals surface area contributed by atoms with Crippen LogP contribution in [0.5, 0.6) is 0 Å². The van der Waals surface area contributed by atoms with Crippen molar-refractivity contribution in [1.82, 2.24) is 14.9 Å². The fraction of sp³-hybridized carbons (Fsp3) is 0.667. The van der Waals surface area contributed by atoms with E-state index < -0.39 is 6.04 Å². The molecule has 1 heterocycles. The molecule has 1 aromatic rings. The molecule has 18 heavy (non-hydrogen) atoms. The largest absolute Gasteiger partial charge is 0.383 e. The fourth-order valence-corrected chi connectivity index (χ4v) is 2.48. The highest BCUT2D eigenvalue weighted by molar-refractivity contribution is 5.82. The van der Waals surface area contributed by atoms with Crippen molar-refractivity contribution in [3.05, 3.63) is 18.7 Å². The van der Waals surface area contributed by atoms with Gasteiger partial charge >= 0.3 is 0 Å². The first-order chi connectivity index (χ1) is 8.72. The molecule has 2 rings (SSSR count). The van der Waals surface area contributed by atoms with Gasteiger partial charge in [0.25, 0.3) is 0 Å². The fourth-order valence-electron chi connectivity index (χ4n) is 2.48. The normalized spacial score (nSPS) is 25.0. The van der Waals surface area contributed by atoms with Crippen LogP contribution in [-0.2, 0) is 9.53 Å². The number of hydrogen-bond acceptors (Lipinski definition) is 4. The molecule has 1 fully saturated rings. The third-order valence-corrected chi connectivity index (χ3v) is 3.40. The van der Waals surface area contributed by atoms with E-state index in [-0.39, 0.29) is 24.6 Å². The molecular weight excluding hydrogens is 232 g/mol. The van der Waals surface area contributed by atoms with E-state index in [9.17, 15) is 4.79 Å². The van der Waals surface area contributed by atoms with Gasteiger partial charge in [-0.15, -0.1) is 0 Å². The number of nitrogens with two attached hydrogens (primary N) is 1. The molecule has 0 bridgehead atoms. The van der Waals surface area contributed by atoms with Gasteiger partial charge in [-0.25, -0.2) is 4.98 Å². The molecule has 0 spiro atoms. The van der Waals surface area contributed by atoms with Crippen LogP contribution < -0.4 is 11.1 Å². The Morgan fingerprint density at radius 1 is 1.67 bits per heavy atom. The van der Waals surface area contributed by atoms with E-state index >= 15 is 0 Å². The zero-order valence-electron chi connectivity index (χ0n) is 10.6. The molecule has 1 aliphatic rings. The van der Waals surface area contributed by atoms with Crippen LogP contribution in [0, 0.1) is 0 Å². The van der Waals surface area contributed by atoms with Crippen molar-refractivity contribution in [3.63, 3.8) is 0 Å². The van der Waals surface area contributed by atoms with Gasteiger partial charge in [0.15, 0.2) is 0 Å². The molecule has 1 saturated carbocycles. The van der Waals surface area contributed by atoms with E-state index in [1.807, 2.05) is 6.20 Å². The second-order valence-corrected chi connectivity index (χ2v) is 4.69. The van der Waals surface area contributed by atoms with Gasteiger partial charge in [-0.1, -0.05) is 0 Å². The molecule has 0 aliphatic heterocycles. The number of imidazole rings is 1. The highest BCUT2D eigenvalue weighted by atomic mass is 16.5. The second kappa shape index (κ2) is 5.97. The average molecular weight is 252 g/mol. The van der Waals surface area contributed by atoms with E-state index in [0.717, 1.165) is 19.3 Å². The maximum Gasteiger partial charge on any atom is 0.239 e. The maximum absolute atomic E-state index is 11.9. The predicted octanol–water partition coefficient (Wildman–Crippen LogP) is 0.0666. The Morgan fingerprint density at radius 2 is 2.50 bits per heavy atom. The Balaban J connectivity index is 1.94. The Kier molecular flexibility index (Phi) is 4.33. The van der Waals surface area contributed by atoms with Gasteiger partial charge in [-0.05, 0) is 19.3 Å². The van der Waals surface area contributed by atoms with Gasteiger partial charge in [0.2, 0.25) is 5.91 Å². The zero-order valence-corrected chi connectivity index (χ0v) is 10.6. The van der Waals surface area contributed by atoms with Gasteiger partial charge in [0.05, 0.1) is 19.0 Å². The molecular formula is C12H20N4O2. The standard InChI is InChI=1S/C12H20N4O2/c1-18-7-9(13)12(17)15-10-3-2-4-11(10)16-6-5-14-8-16/h5-6,8-11H,2-4,7,13H2,1H3,(H,15,17). The van der Waals surface area contributed by atoms with Gasteiger partial charge in [-0.3, -0.25) is 4.79 Å². The molecule has 1 aromatic heterocycles. The van der Waals surface area contributed by atoms with Gasteiger partial charge in [-0.2, -0.15) is 0 Å². The number of rotatable bonds is 5. The van der Waals surface area contributed by atoms with E-state index in [0.29, 0.717) is 0 Å². The van der Waals surface area contributed by atoms with Crippen LogP contribution in [0.15, 0.2) is 18.7 Å². The lowest BCUT2D eigenvalue weighted by atomic mass is 10.1. The van der Waals surface area contributed by atoms with Crippen LogP contribution in [0.4, 0.5) is 0 Å². The molecule has 3 atom stereocenters. The summed E-state index contributed by atoms with van der Waals surface area (Å²) < 4.78 is 6.94. The first-order valence-corrected chi connectivity index (χ1v) is 6.24. The smallest absolute Gasteiger partial charge is 0.239 e. The van der Waals surface area contributed by atoms with Crippen LogP contribution in [0.3, 0.4) is 0 Å².